The third-order valence-corrected chi connectivity index (χ3v) is 9.32. The average molecular weight is 612 g/mol. The lowest BCUT2D eigenvalue weighted by atomic mass is 9.83. The molecule has 9 rings (SSSR count). The van der Waals surface area contributed by atoms with Crippen molar-refractivity contribution in [1.29, 1.82) is 0 Å². The molecule has 0 aliphatic rings. The second-order valence-electron chi connectivity index (χ2n) is 12.0. The van der Waals surface area contributed by atoms with E-state index in [1.165, 1.54) is 32.3 Å². The van der Waals surface area contributed by atoms with E-state index in [2.05, 4.69) is 162 Å². The summed E-state index contributed by atoms with van der Waals surface area (Å²) in [5, 5.41) is 21.5. The van der Waals surface area contributed by atoms with Crippen LogP contribution in [0.3, 0.4) is 0 Å². The van der Waals surface area contributed by atoms with Crippen molar-refractivity contribution in [2.45, 2.75) is 0 Å². The van der Waals surface area contributed by atoms with E-state index >= 15 is 0 Å². The molecule has 224 valence electrons. The van der Waals surface area contributed by atoms with E-state index in [1.54, 1.807) is 0 Å². The van der Waals surface area contributed by atoms with Crippen molar-refractivity contribution < 1.29 is 0 Å². The number of fused-ring (bicyclic) bond motifs is 6. The Kier molecular flexibility index (Phi) is 6.80. The first-order valence-corrected chi connectivity index (χ1v) is 16.2. The first-order valence-electron chi connectivity index (χ1n) is 16.2. The Morgan fingerprint density at radius 1 is 0.271 bits per heavy atom. The SMILES string of the molecule is c1ccc(-c2cccc(-c3cccc4c5ccccc5c5ccccc5c34)c2-c2nnnc(-c3ccccc3)c2-c2ccccc2)cc1. The van der Waals surface area contributed by atoms with Gasteiger partial charge in [0.1, 0.15) is 11.4 Å². The van der Waals surface area contributed by atoms with Crippen LogP contribution in [0, 0.1) is 0 Å². The van der Waals surface area contributed by atoms with Crippen LogP contribution >= 0.6 is 0 Å². The van der Waals surface area contributed by atoms with Crippen LogP contribution in [0.4, 0.5) is 0 Å². The van der Waals surface area contributed by atoms with E-state index in [4.69, 9.17) is 5.10 Å². The summed E-state index contributed by atoms with van der Waals surface area (Å²) in [6.45, 7) is 0. The van der Waals surface area contributed by atoms with Gasteiger partial charge in [-0.3, -0.25) is 0 Å². The number of aromatic nitrogens is 3. The molecule has 3 nitrogen and oxygen atoms in total. The minimum Gasteiger partial charge on any atom is -0.129 e. The third-order valence-electron chi connectivity index (χ3n) is 9.32. The van der Waals surface area contributed by atoms with Crippen molar-refractivity contribution in [1.82, 2.24) is 15.4 Å². The van der Waals surface area contributed by atoms with Crippen LogP contribution < -0.4 is 0 Å². The molecule has 0 saturated carbocycles. The minimum absolute atomic E-state index is 0.798. The highest BCUT2D eigenvalue weighted by atomic mass is 15.3. The van der Waals surface area contributed by atoms with Crippen molar-refractivity contribution in [3.8, 4) is 55.9 Å². The molecule has 1 aromatic heterocycles. The van der Waals surface area contributed by atoms with Crippen molar-refractivity contribution >= 4 is 32.3 Å². The van der Waals surface area contributed by atoms with Crippen LogP contribution in [0.2, 0.25) is 0 Å². The lowest BCUT2D eigenvalue weighted by Gasteiger charge is -2.21. The van der Waals surface area contributed by atoms with Gasteiger partial charge in [0.15, 0.2) is 0 Å². The fraction of sp³-hybridized carbons (Fsp3) is 0. The van der Waals surface area contributed by atoms with Gasteiger partial charge in [-0.1, -0.05) is 176 Å². The zero-order chi connectivity index (χ0) is 31.9. The van der Waals surface area contributed by atoms with E-state index in [-0.39, 0.29) is 0 Å². The molecule has 9 aromatic rings. The average Bonchev–Trinajstić information content (AvgIpc) is 3.18. The molecule has 0 saturated heterocycles. The lowest BCUT2D eigenvalue weighted by molar-refractivity contribution is 0.879. The predicted octanol–water partition coefficient (Wildman–Crippen LogP) is 11.7. The van der Waals surface area contributed by atoms with Gasteiger partial charge in [0, 0.05) is 16.7 Å². The quantitative estimate of drug-likeness (QED) is 0.182. The van der Waals surface area contributed by atoms with E-state index < -0.39 is 0 Å². The number of rotatable bonds is 5. The van der Waals surface area contributed by atoms with Gasteiger partial charge in [-0.25, -0.2) is 0 Å². The van der Waals surface area contributed by atoms with Gasteiger partial charge in [0.05, 0.1) is 0 Å². The van der Waals surface area contributed by atoms with Gasteiger partial charge in [0.25, 0.3) is 0 Å². The first-order chi connectivity index (χ1) is 23.9. The van der Waals surface area contributed by atoms with Crippen LogP contribution in [0.1, 0.15) is 0 Å². The highest BCUT2D eigenvalue weighted by Gasteiger charge is 2.24. The van der Waals surface area contributed by atoms with E-state index in [0.717, 1.165) is 55.9 Å². The molecular weight excluding hydrogens is 583 g/mol. The second kappa shape index (κ2) is 11.7. The van der Waals surface area contributed by atoms with Crippen LogP contribution in [-0.2, 0) is 0 Å². The molecule has 0 spiro atoms. The molecular formula is C45H29N3. The van der Waals surface area contributed by atoms with Crippen LogP contribution in [-0.4, -0.2) is 15.4 Å². The molecule has 0 aliphatic carbocycles. The summed E-state index contributed by atoms with van der Waals surface area (Å²) in [6, 6.07) is 62.1. The number of nitrogens with zero attached hydrogens (tertiary/aromatic N) is 3. The van der Waals surface area contributed by atoms with Crippen molar-refractivity contribution in [2.24, 2.45) is 0 Å². The molecule has 3 heteroatoms. The first kappa shape index (κ1) is 27.8. The number of benzene rings is 8. The summed E-state index contributed by atoms with van der Waals surface area (Å²) in [7, 11) is 0. The molecule has 0 N–H and O–H groups in total. The summed E-state index contributed by atoms with van der Waals surface area (Å²) in [4.78, 5) is 0. The van der Waals surface area contributed by atoms with Gasteiger partial charge >= 0.3 is 0 Å². The monoisotopic (exact) mass is 611 g/mol. The van der Waals surface area contributed by atoms with Crippen molar-refractivity contribution in [3.05, 3.63) is 176 Å². The Labute approximate surface area is 278 Å². The standard InChI is InChI=1S/C45H29N3/c1-4-16-30(17-5-1)33-26-14-29-40(39-28-15-27-38-36-23-11-10-22-34(36)35-24-12-13-25-37(35)42(38)39)43(33)45-41(31-18-6-2-7-19-31)44(46-48-47-45)32-20-8-3-9-21-32/h1-29H. The second-order valence-corrected chi connectivity index (χ2v) is 12.0. The summed E-state index contributed by atoms with van der Waals surface area (Å²) in [5.41, 5.74) is 10.1. The van der Waals surface area contributed by atoms with Gasteiger partial charge in [-0.15, -0.1) is 10.2 Å². The molecule has 0 bridgehead atoms. The highest BCUT2D eigenvalue weighted by Crippen LogP contribution is 2.48. The molecule has 8 aromatic carbocycles. The van der Waals surface area contributed by atoms with Crippen molar-refractivity contribution in [3.63, 3.8) is 0 Å². The van der Waals surface area contributed by atoms with Crippen LogP contribution in [0.15, 0.2) is 176 Å². The molecule has 0 amide bonds. The van der Waals surface area contributed by atoms with E-state index in [9.17, 15) is 0 Å². The maximum Gasteiger partial charge on any atom is 0.106 e. The van der Waals surface area contributed by atoms with E-state index in [1.807, 2.05) is 24.3 Å². The summed E-state index contributed by atoms with van der Waals surface area (Å²) >= 11 is 0. The zero-order valence-corrected chi connectivity index (χ0v) is 26.1. The zero-order valence-electron chi connectivity index (χ0n) is 26.1. The van der Waals surface area contributed by atoms with Crippen LogP contribution in [0.5, 0.6) is 0 Å². The highest BCUT2D eigenvalue weighted by molar-refractivity contribution is 6.29. The Morgan fingerprint density at radius 3 is 1.35 bits per heavy atom. The van der Waals surface area contributed by atoms with Gasteiger partial charge in [-0.2, -0.15) is 0 Å². The molecule has 0 radical (unpaired) electrons. The summed E-state index contributed by atoms with van der Waals surface area (Å²) < 4.78 is 0. The Hall–Kier alpha value is -6.45. The van der Waals surface area contributed by atoms with Crippen molar-refractivity contribution in [2.75, 3.05) is 0 Å². The largest absolute Gasteiger partial charge is 0.129 e. The van der Waals surface area contributed by atoms with Gasteiger partial charge in [-0.05, 0) is 65.3 Å². The summed E-state index contributed by atoms with van der Waals surface area (Å²) in [6.07, 6.45) is 0. The fourth-order valence-corrected chi connectivity index (χ4v) is 7.25. The molecule has 0 atom stereocenters. The molecule has 0 fully saturated rings. The Morgan fingerprint density at radius 2 is 0.708 bits per heavy atom. The minimum atomic E-state index is 0.798. The van der Waals surface area contributed by atoms with E-state index in [0.29, 0.717) is 0 Å². The Bertz CT molecular complexity index is 2550. The Balaban J connectivity index is 1.45. The smallest absolute Gasteiger partial charge is 0.106 e. The topological polar surface area (TPSA) is 38.7 Å². The molecule has 48 heavy (non-hydrogen) atoms. The molecule has 0 aliphatic heterocycles. The maximum atomic E-state index is 4.92. The number of hydrogen-bond donors (Lipinski definition) is 0. The molecule has 0 unspecified atom stereocenters. The summed E-state index contributed by atoms with van der Waals surface area (Å²) in [5.74, 6) is 0. The van der Waals surface area contributed by atoms with Crippen LogP contribution in [0.25, 0.3) is 88.2 Å². The normalized spacial score (nSPS) is 11.3. The fourth-order valence-electron chi connectivity index (χ4n) is 7.25. The van der Waals surface area contributed by atoms with Gasteiger partial charge in [0.2, 0.25) is 0 Å². The number of hydrogen-bond acceptors (Lipinski definition) is 3. The lowest BCUT2D eigenvalue weighted by Crippen LogP contribution is -2.02. The van der Waals surface area contributed by atoms with Gasteiger partial charge < -0.3 is 0 Å². The predicted molar refractivity (Wildman–Crippen MR) is 200 cm³/mol. The maximum absolute atomic E-state index is 4.92. The third kappa shape index (κ3) is 4.56. The molecule has 1 heterocycles.